The molecule has 0 aromatic heterocycles. The molecule has 2 heteroatoms. The molecule has 1 N–H and O–H groups in total. The maximum absolute atomic E-state index is 13.2. The largest absolute Gasteiger partial charge is 0.388 e. The van der Waals surface area contributed by atoms with Gasteiger partial charge in [0.25, 0.3) is 0 Å². The van der Waals surface area contributed by atoms with Crippen LogP contribution in [0.4, 0.5) is 4.39 Å². The van der Waals surface area contributed by atoms with Gasteiger partial charge in [-0.2, -0.15) is 0 Å². The lowest BCUT2D eigenvalue weighted by molar-refractivity contribution is 0.177. The average molecular weight is 180 g/mol. The Balaban J connectivity index is 2.94. The maximum atomic E-state index is 13.2. The van der Waals surface area contributed by atoms with E-state index >= 15 is 0 Å². The second-order valence-electron chi connectivity index (χ2n) is 3.07. The minimum Gasteiger partial charge on any atom is -0.388 e. The molecular formula is C11H13FO. The summed E-state index contributed by atoms with van der Waals surface area (Å²) in [7, 11) is 0. The van der Waals surface area contributed by atoms with Crippen LogP contribution >= 0.6 is 0 Å². The Kier molecular flexibility index (Phi) is 3.20. The first kappa shape index (κ1) is 9.93. The van der Waals surface area contributed by atoms with E-state index in [4.69, 9.17) is 0 Å². The van der Waals surface area contributed by atoms with Gasteiger partial charge in [0.15, 0.2) is 0 Å². The third kappa shape index (κ3) is 2.39. The zero-order valence-electron chi connectivity index (χ0n) is 7.63. The highest BCUT2D eigenvalue weighted by Crippen LogP contribution is 2.20. The van der Waals surface area contributed by atoms with E-state index in [-0.39, 0.29) is 5.82 Å². The molecule has 1 aromatic carbocycles. The van der Waals surface area contributed by atoms with Gasteiger partial charge in [-0.3, -0.25) is 0 Å². The van der Waals surface area contributed by atoms with Gasteiger partial charge in [0.05, 0.1) is 6.10 Å². The van der Waals surface area contributed by atoms with E-state index in [0.717, 1.165) is 5.56 Å². The SMILES string of the molecule is C=CC[C@@H](O)c1ccc(C)cc1F. The van der Waals surface area contributed by atoms with E-state index in [2.05, 4.69) is 6.58 Å². The van der Waals surface area contributed by atoms with E-state index in [1.807, 2.05) is 6.92 Å². The molecule has 0 spiro atoms. The lowest BCUT2D eigenvalue weighted by atomic mass is 10.0. The van der Waals surface area contributed by atoms with Crippen molar-refractivity contribution in [3.63, 3.8) is 0 Å². The first-order chi connectivity index (χ1) is 6.15. The fourth-order valence-corrected chi connectivity index (χ4v) is 1.19. The topological polar surface area (TPSA) is 20.2 Å². The Labute approximate surface area is 77.5 Å². The van der Waals surface area contributed by atoms with Gasteiger partial charge >= 0.3 is 0 Å². The van der Waals surface area contributed by atoms with Crippen LogP contribution in [-0.2, 0) is 0 Å². The van der Waals surface area contributed by atoms with E-state index in [0.29, 0.717) is 12.0 Å². The van der Waals surface area contributed by atoms with Gasteiger partial charge in [-0.25, -0.2) is 4.39 Å². The summed E-state index contributed by atoms with van der Waals surface area (Å²) in [5.41, 5.74) is 1.19. The van der Waals surface area contributed by atoms with Gasteiger partial charge in [-0.15, -0.1) is 6.58 Å². The smallest absolute Gasteiger partial charge is 0.129 e. The Morgan fingerprint density at radius 3 is 2.85 bits per heavy atom. The van der Waals surface area contributed by atoms with E-state index < -0.39 is 6.10 Å². The van der Waals surface area contributed by atoms with Crippen molar-refractivity contribution in [1.82, 2.24) is 0 Å². The summed E-state index contributed by atoms with van der Waals surface area (Å²) in [5.74, 6) is -0.352. The summed E-state index contributed by atoms with van der Waals surface area (Å²) < 4.78 is 13.2. The van der Waals surface area contributed by atoms with Crippen molar-refractivity contribution in [1.29, 1.82) is 0 Å². The van der Waals surface area contributed by atoms with Crippen LogP contribution in [0.15, 0.2) is 30.9 Å². The van der Waals surface area contributed by atoms with Crippen LogP contribution in [0.5, 0.6) is 0 Å². The van der Waals surface area contributed by atoms with Crippen molar-refractivity contribution in [3.8, 4) is 0 Å². The van der Waals surface area contributed by atoms with Gasteiger partial charge in [0.2, 0.25) is 0 Å². The molecule has 0 amide bonds. The third-order valence-corrected chi connectivity index (χ3v) is 1.90. The van der Waals surface area contributed by atoms with Gasteiger partial charge in [-0.05, 0) is 25.0 Å². The molecule has 0 aliphatic heterocycles. The Hall–Kier alpha value is -1.15. The first-order valence-electron chi connectivity index (χ1n) is 4.20. The van der Waals surface area contributed by atoms with Gasteiger partial charge in [-0.1, -0.05) is 18.2 Å². The molecule has 0 aliphatic carbocycles. The number of aryl methyl sites for hydroxylation is 1. The number of hydrogen-bond donors (Lipinski definition) is 1. The molecule has 0 heterocycles. The number of aliphatic hydroxyl groups excluding tert-OH is 1. The molecule has 0 bridgehead atoms. The highest BCUT2D eigenvalue weighted by molar-refractivity contribution is 5.25. The Bertz CT molecular complexity index is 307. The van der Waals surface area contributed by atoms with Crippen LogP contribution in [0.1, 0.15) is 23.7 Å². The first-order valence-corrected chi connectivity index (χ1v) is 4.20. The second-order valence-corrected chi connectivity index (χ2v) is 3.07. The predicted octanol–water partition coefficient (Wildman–Crippen LogP) is 2.74. The van der Waals surface area contributed by atoms with Crippen LogP contribution in [0.25, 0.3) is 0 Å². The Morgan fingerprint density at radius 2 is 2.31 bits per heavy atom. The zero-order chi connectivity index (χ0) is 9.84. The summed E-state index contributed by atoms with van der Waals surface area (Å²) in [6.45, 7) is 5.30. The average Bonchev–Trinajstić information content (AvgIpc) is 2.04. The quantitative estimate of drug-likeness (QED) is 0.709. The normalized spacial score (nSPS) is 12.5. The van der Waals surface area contributed by atoms with Crippen LogP contribution in [0.3, 0.4) is 0 Å². The lowest BCUT2D eigenvalue weighted by Gasteiger charge is -2.09. The molecule has 0 unspecified atom stereocenters. The molecule has 13 heavy (non-hydrogen) atoms. The summed E-state index contributed by atoms with van der Waals surface area (Å²) >= 11 is 0. The molecular weight excluding hydrogens is 167 g/mol. The zero-order valence-corrected chi connectivity index (χ0v) is 7.63. The number of aliphatic hydroxyl groups is 1. The fraction of sp³-hybridized carbons (Fsp3) is 0.273. The minimum absolute atomic E-state index is 0.338. The molecule has 70 valence electrons. The van der Waals surface area contributed by atoms with E-state index in [9.17, 15) is 9.50 Å². The molecule has 1 atom stereocenters. The van der Waals surface area contributed by atoms with E-state index in [1.165, 1.54) is 6.07 Å². The summed E-state index contributed by atoms with van der Waals surface area (Å²) in [4.78, 5) is 0. The predicted molar refractivity (Wildman–Crippen MR) is 50.9 cm³/mol. The highest BCUT2D eigenvalue weighted by Gasteiger charge is 2.10. The van der Waals surface area contributed by atoms with Gasteiger partial charge in [0, 0.05) is 5.56 Å². The van der Waals surface area contributed by atoms with Crippen molar-refractivity contribution in [2.45, 2.75) is 19.4 Å². The number of halogens is 1. The lowest BCUT2D eigenvalue weighted by Crippen LogP contribution is -1.99. The molecule has 0 fully saturated rings. The molecule has 1 aromatic rings. The summed E-state index contributed by atoms with van der Waals surface area (Å²) in [6.07, 6.45) is 1.17. The van der Waals surface area contributed by atoms with Crippen molar-refractivity contribution < 1.29 is 9.50 Å². The van der Waals surface area contributed by atoms with Gasteiger partial charge < -0.3 is 5.11 Å². The molecule has 0 aliphatic rings. The van der Waals surface area contributed by atoms with Crippen molar-refractivity contribution in [2.24, 2.45) is 0 Å². The van der Waals surface area contributed by atoms with Crippen LogP contribution < -0.4 is 0 Å². The molecule has 0 saturated heterocycles. The van der Waals surface area contributed by atoms with Crippen molar-refractivity contribution in [3.05, 3.63) is 47.8 Å². The summed E-state index contributed by atoms with van der Waals surface area (Å²) in [5, 5.41) is 9.48. The van der Waals surface area contributed by atoms with Crippen molar-refractivity contribution >= 4 is 0 Å². The maximum Gasteiger partial charge on any atom is 0.129 e. The monoisotopic (exact) mass is 180 g/mol. The summed E-state index contributed by atoms with van der Waals surface area (Å²) in [6, 6.07) is 4.81. The second kappa shape index (κ2) is 4.19. The van der Waals surface area contributed by atoms with Crippen LogP contribution in [-0.4, -0.2) is 5.11 Å². The molecule has 1 nitrogen and oxygen atoms in total. The number of benzene rings is 1. The number of hydrogen-bond acceptors (Lipinski definition) is 1. The highest BCUT2D eigenvalue weighted by atomic mass is 19.1. The molecule has 1 rings (SSSR count). The van der Waals surface area contributed by atoms with Crippen LogP contribution in [0.2, 0.25) is 0 Å². The molecule has 0 saturated carbocycles. The fourth-order valence-electron chi connectivity index (χ4n) is 1.19. The Morgan fingerprint density at radius 1 is 1.62 bits per heavy atom. The molecule has 0 radical (unpaired) electrons. The van der Waals surface area contributed by atoms with Gasteiger partial charge in [0.1, 0.15) is 5.82 Å². The number of rotatable bonds is 3. The van der Waals surface area contributed by atoms with Crippen molar-refractivity contribution in [2.75, 3.05) is 0 Å². The standard InChI is InChI=1S/C11H13FO/c1-3-4-11(13)9-6-5-8(2)7-10(9)12/h3,5-7,11,13H,1,4H2,2H3/t11-/m1/s1. The van der Waals surface area contributed by atoms with E-state index in [1.54, 1.807) is 18.2 Å². The minimum atomic E-state index is -0.780. The van der Waals surface area contributed by atoms with Crippen LogP contribution in [0, 0.1) is 12.7 Å². The third-order valence-electron chi connectivity index (χ3n) is 1.90.